The lowest BCUT2D eigenvalue weighted by molar-refractivity contribution is 0.499. The summed E-state index contributed by atoms with van der Waals surface area (Å²) in [5, 5.41) is 3.38. The van der Waals surface area contributed by atoms with E-state index < -0.39 is 10.0 Å². The third-order valence-corrected chi connectivity index (χ3v) is 5.99. The summed E-state index contributed by atoms with van der Waals surface area (Å²) in [5.41, 5.74) is 0.532. The van der Waals surface area contributed by atoms with E-state index in [-0.39, 0.29) is 5.25 Å². The standard InChI is InChI=1S/C11H14BrClN2O2S/c12-10-7-8(1-2-11(10)13)15-18(16,17)9-3-5-14-6-4-9/h1-2,7,9,14-15H,3-6H2. The summed E-state index contributed by atoms with van der Waals surface area (Å²) in [6.45, 7) is 1.49. The average Bonchev–Trinajstić information content (AvgIpc) is 2.35. The fraction of sp³-hybridized carbons (Fsp3) is 0.455. The maximum atomic E-state index is 12.2. The highest BCUT2D eigenvalue weighted by molar-refractivity contribution is 9.10. The first-order valence-electron chi connectivity index (χ1n) is 5.66. The van der Waals surface area contributed by atoms with Crippen LogP contribution in [-0.2, 0) is 10.0 Å². The van der Waals surface area contributed by atoms with Crippen molar-refractivity contribution in [2.45, 2.75) is 18.1 Å². The van der Waals surface area contributed by atoms with Gasteiger partial charge in [-0.25, -0.2) is 8.42 Å². The van der Waals surface area contributed by atoms with Gasteiger partial charge in [-0.2, -0.15) is 0 Å². The van der Waals surface area contributed by atoms with Gasteiger partial charge >= 0.3 is 0 Å². The number of hydrogen-bond acceptors (Lipinski definition) is 3. The Kier molecular flexibility index (Phi) is 4.53. The zero-order valence-electron chi connectivity index (χ0n) is 9.62. The van der Waals surface area contributed by atoms with E-state index in [4.69, 9.17) is 11.6 Å². The SMILES string of the molecule is O=S(=O)(Nc1ccc(Cl)c(Br)c1)C1CCNCC1. The second-order valence-electron chi connectivity index (χ2n) is 4.23. The van der Waals surface area contributed by atoms with Crippen LogP contribution in [0.15, 0.2) is 22.7 Å². The summed E-state index contributed by atoms with van der Waals surface area (Å²) in [6.07, 6.45) is 1.29. The molecule has 1 aromatic carbocycles. The maximum Gasteiger partial charge on any atom is 0.235 e. The van der Waals surface area contributed by atoms with E-state index in [0.717, 1.165) is 13.1 Å². The topological polar surface area (TPSA) is 58.2 Å². The Morgan fingerprint density at radius 1 is 1.33 bits per heavy atom. The minimum absolute atomic E-state index is 0.326. The fourth-order valence-electron chi connectivity index (χ4n) is 1.91. The van der Waals surface area contributed by atoms with E-state index in [2.05, 4.69) is 26.0 Å². The lowest BCUT2D eigenvalue weighted by Crippen LogP contribution is -2.38. The van der Waals surface area contributed by atoms with Crippen LogP contribution in [0.3, 0.4) is 0 Å². The minimum Gasteiger partial charge on any atom is -0.317 e. The zero-order valence-corrected chi connectivity index (χ0v) is 12.8. The number of nitrogens with one attached hydrogen (secondary N) is 2. The largest absolute Gasteiger partial charge is 0.317 e. The van der Waals surface area contributed by atoms with Gasteiger partial charge < -0.3 is 5.32 Å². The number of halogens is 2. The van der Waals surface area contributed by atoms with Gasteiger partial charge in [-0.15, -0.1) is 0 Å². The van der Waals surface area contributed by atoms with Crippen molar-refractivity contribution in [1.29, 1.82) is 0 Å². The molecule has 0 aromatic heterocycles. The predicted octanol–water partition coefficient (Wildman–Crippen LogP) is 2.60. The van der Waals surface area contributed by atoms with Gasteiger partial charge in [0.2, 0.25) is 10.0 Å². The Hall–Kier alpha value is -0.300. The van der Waals surface area contributed by atoms with Crippen molar-refractivity contribution in [3.63, 3.8) is 0 Å². The summed E-state index contributed by atoms with van der Waals surface area (Å²) in [5.74, 6) is 0. The molecule has 7 heteroatoms. The number of piperidine rings is 1. The minimum atomic E-state index is -3.32. The normalized spacial score (nSPS) is 17.7. The smallest absolute Gasteiger partial charge is 0.235 e. The van der Waals surface area contributed by atoms with Crippen molar-refractivity contribution in [1.82, 2.24) is 5.32 Å². The van der Waals surface area contributed by atoms with Gasteiger partial charge in [-0.05, 0) is 60.1 Å². The maximum absolute atomic E-state index is 12.2. The molecule has 0 unspecified atom stereocenters. The van der Waals surface area contributed by atoms with Crippen LogP contribution in [0.4, 0.5) is 5.69 Å². The molecule has 4 nitrogen and oxygen atoms in total. The highest BCUT2D eigenvalue weighted by Crippen LogP contribution is 2.27. The Bertz CT molecular complexity index is 530. The third-order valence-electron chi connectivity index (χ3n) is 2.90. The molecule has 100 valence electrons. The van der Waals surface area contributed by atoms with Crippen molar-refractivity contribution < 1.29 is 8.42 Å². The van der Waals surface area contributed by atoms with E-state index in [0.29, 0.717) is 28.0 Å². The summed E-state index contributed by atoms with van der Waals surface area (Å²) in [6, 6.07) is 4.98. The van der Waals surface area contributed by atoms with Gasteiger partial charge in [0, 0.05) is 10.2 Å². The molecule has 0 atom stereocenters. The zero-order chi connectivity index (χ0) is 13.2. The molecule has 18 heavy (non-hydrogen) atoms. The molecule has 1 fully saturated rings. The monoisotopic (exact) mass is 352 g/mol. The number of rotatable bonds is 3. The molecule has 1 heterocycles. The summed E-state index contributed by atoms with van der Waals surface area (Å²) < 4.78 is 27.6. The molecule has 1 aliphatic rings. The number of benzene rings is 1. The van der Waals surface area contributed by atoms with E-state index >= 15 is 0 Å². The quantitative estimate of drug-likeness (QED) is 0.878. The van der Waals surface area contributed by atoms with Crippen molar-refractivity contribution >= 4 is 43.2 Å². The van der Waals surface area contributed by atoms with Gasteiger partial charge in [-0.3, -0.25) is 4.72 Å². The Balaban J connectivity index is 2.13. The fourth-order valence-corrected chi connectivity index (χ4v) is 3.89. The first-order chi connectivity index (χ1) is 8.49. The van der Waals surface area contributed by atoms with E-state index in [1.54, 1.807) is 18.2 Å². The molecule has 0 bridgehead atoms. The number of hydrogen-bond donors (Lipinski definition) is 2. The van der Waals surface area contributed by atoms with Crippen molar-refractivity contribution in [3.8, 4) is 0 Å². The summed E-state index contributed by atoms with van der Waals surface area (Å²) in [7, 11) is -3.32. The Morgan fingerprint density at radius 2 is 2.00 bits per heavy atom. The van der Waals surface area contributed by atoms with E-state index in [1.807, 2.05) is 0 Å². The Labute approximate surface area is 120 Å². The molecule has 1 saturated heterocycles. The predicted molar refractivity (Wildman–Crippen MR) is 77.6 cm³/mol. The van der Waals surface area contributed by atoms with Crippen LogP contribution < -0.4 is 10.0 Å². The van der Waals surface area contributed by atoms with Crippen LogP contribution >= 0.6 is 27.5 Å². The highest BCUT2D eigenvalue weighted by atomic mass is 79.9. The Morgan fingerprint density at radius 3 is 2.61 bits per heavy atom. The molecule has 0 spiro atoms. The molecular formula is C11H14BrClN2O2S. The van der Waals surface area contributed by atoms with Crippen LogP contribution in [0.1, 0.15) is 12.8 Å². The second-order valence-corrected chi connectivity index (χ2v) is 7.45. The van der Waals surface area contributed by atoms with E-state index in [9.17, 15) is 8.42 Å². The van der Waals surface area contributed by atoms with Crippen molar-refractivity contribution in [3.05, 3.63) is 27.7 Å². The van der Waals surface area contributed by atoms with Gasteiger partial charge in [0.25, 0.3) is 0 Å². The average molecular weight is 354 g/mol. The van der Waals surface area contributed by atoms with Crippen LogP contribution in [0.2, 0.25) is 5.02 Å². The molecule has 2 rings (SSSR count). The molecule has 0 amide bonds. The van der Waals surface area contributed by atoms with Gasteiger partial charge in [0.1, 0.15) is 0 Å². The summed E-state index contributed by atoms with van der Waals surface area (Å²) >= 11 is 9.14. The number of anilines is 1. The van der Waals surface area contributed by atoms with Gasteiger partial charge in [-0.1, -0.05) is 11.6 Å². The molecule has 0 saturated carbocycles. The van der Waals surface area contributed by atoms with Crippen molar-refractivity contribution in [2.24, 2.45) is 0 Å². The molecule has 1 aliphatic heterocycles. The van der Waals surface area contributed by atoms with Crippen LogP contribution in [0.5, 0.6) is 0 Å². The molecule has 1 aromatic rings. The first kappa shape index (κ1) is 14.1. The van der Waals surface area contributed by atoms with Crippen LogP contribution in [0, 0.1) is 0 Å². The van der Waals surface area contributed by atoms with Crippen LogP contribution in [0.25, 0.3) is 0 Å². The van der Waals surface area contributed by atoms with Gasteiger partial charge in [0.15, 0.2) is 0 Å². The third kappa shape index (κ3) is 3.38. The molecule has 0 radical (unpaired) electrons. The second kappa shape index (κ2) is 5.77. The first-order valence-corrected chi connectivity index (χ1v) is 8.38. The lowest BCUT2D eigenvalue weighted by atomic mass is 10.2. The number of sulfonamides is 1. The summed E-state index contributed by atoms with van der Waals surface area (Å²) in [4.78, 5) is 0. The molecule has 0 aliphatic carbocycles. The van der Waals surface area contributed by atoms with Crippen LogP contribution in [-0.4, -0.2) is 26.8 Å². The highest BCUT2D eigenvalue weighted by Gasteiger charge is 2.27. The molecule has 2 N–H and O–H groups in total. The van der Waals surface area contributed by atoms with E-state index in [1.165, 1.54) is 0 Å². The lowest BCUT2D eigenvalue weighted by Gasteiger charge is -2.23. The van der Waals surface area contributed by atoms with Gasteiger partial charge in [0.05, 0.1) is 10.3 Å². The van der Waals surface area contributed by atoms with Crippen molar-refractivity contribution in [2.75, 3.05) is 17.8 Å². The molecular weight excluding hydrogens is 340 g/mol.